The molecule has 1 rings (SSSR count). The van der Waals surface area contributed by atoms with Crippen molar-refractivity contribution in [3.63, 3.8) is 0 Å². The van der Waals surface area contributed by atoms with Crippen molar-refractivity contribution in [2.75, 3.05) is 19.1 Å². The zero-order valence-electron chi connectivity index (χ0n) is 10.5. The van der Waals surface area contributed by atoms with Crippen molar-refractivity contribution >= 4 is 15.7 Å². The summed E-state index contributed by atoms with van der Waals surface area (Å²) in [5.41, 5.74) is 3.10. The minimum Gasteiger partial charge on any atom is -0.385 e. The first kappa shape index (κ1) is 14.9. The number of anilines is 1. The van der Waals surface area contributed by atoms with Gasteiger partial charge in [-0.2, -0.15) is 0 Å². The van der Waals surface area contributed by atoms with Crippen molar-refractivity contribution in [2.24, 2.45) is 5.84 Å². The summed E-state index contributed by atoms with van der Waals surface area (Å²) >= 11 is 0. The molecule has 102 valence electrons. The van der Waals surface area contributed by atoms with Gasteiger partial charge in [0.2, 0.25) is 10.0 Å². The van der Waals surface area contributed by atoms with Crippen LogP contribution in [0.15, 0.2) is 29.2 Å². The minimum atomic E-state index is -3.49. The van der Waals surface area contributed by atoms with Crippen LogP contribution in [0.1, 0.15) is 13.3 Å². The highest BCUT2D eigenvalue weighted by Gasteiger charge is 2.16. The van der Waals surface area contributed by atoms with E-state index in [4.69, 9.17) is 10.6 Å². The van der Waals surface area contributed by atoms with Crippen LogP contribution in [0.5, 0.6) is 0 Å². The van der Waals surface area contributed by atoms with Crippen molar-refractivity contribution < 1.29 is 13.2 Å². The number of nitrogen functional groups attached to an aromatic ring is 1. The van der Waals surface area contributed by atoms with Crippen LogP contribution < -0.4 is 16.0 Å². The molecule has 0 aromatic heterocycles. The Labute approximate surface area is 108 Å². The molecule has 0 bridgehead atoms. The van der Waals surface area contributed by atoms with E-state index in [9.17, 15) is 8.42 Å². The van der Waals surface area contributed by atoms with Crippen LogP contribution >= 0.6 is 0 Å². The molecule has 0 saturated carbocycles. The second-order valence-electron chi connectivity index (χ2n) is 3.97. The van der Waals surface area contributed by atoms with E-state index in [0.717, 1.165) is 0 Å². The largest absolute Gasteiger partial charge is 0.385 e. The molecule has 18 heavy (non-hydrogen) atoms. The second kappa shape index (κ2) is 6.69. The van der Waals surface area contributed by atoms with Crippen molar-refractivity contribution in [1.82, 2.24) is 4.72 Å². The lowest BCUT2D eigenvalue weighted by atomic mass is 10.3. The fourth-order valence-corrected chi connectivity index (χ4v) is 2.69. The second-order valence-corrected chi connectivity index (χ2v) is 5.69. The normalized spacial score (nSPS) is 13.3. The van der Waals surface area contributed by atoms with Crippen LogP contribution in [0.3, 0.4) is 0 Å². The summed E-state index contributed by atoms with van der Waals surface area (Å²) in [5.74, 6) is 5.22. The zero-order chi connectivity index (χ0) is 13.6. The third kappa shape index (κ3) is 4.26. The van der Waals surface area contributed by atoms with Gasteiger partial charge in [-0.25, -0.2) is 13.1 Å². The molecule has 0 radical (unpaired) electrons. The number of hydrazine groups is 1. The van der Waals surface area contributed by atoms with Crippen LogP contribution in [0.2, 0.25) is 0 Å². The predicted molar refractivity (Wildman–Crippen MR) is 70.5 cm³/mol. The first-order chi connectivity index (χ1) is 8.49. The van der Waals surface area contributed by atoms with Gasteiger partial charge in [0, 0.05) is 25.4 Å². The molecule has 0 saturated heterocycles. The molecule has 1 aromatic rings. The molecule has 1 aromatic carbocycles. The maximum absolute atomic E-state index is 12.0. The van der Waals surface area contributed by atoms with Crippen LogP contribution in [0.4, 0.5) is 5.69 Å². The van der Waals surface area contributed by atoms with E-state index >= 15 is 0 Å². The fraction of sp³-hybridized carbons (Fsp3) is 0.455. The van der Waals surface area contributed by atoms with Gasteiger partial charge in [-0.05, 0) is 37.6 Å². The summed E-state index contributed by atoms with van der Waals surface area (Å²) in [5, 5.41) is 0. The van der Waals surface area contributed by atoms with Crippen LogP contribution in [0, 0.1) is 0 Å². The number of nitrogens with two attached hydrogens (primary N) is 1. The summed E-state index contributed by atoms with van der Waals surface area (Å²) in [6, 6.07) is 6.03. The molecule has 4 N–H and O–H groups in total. The Kier molecular flexibility index (Phi) is 5.54. The molecule has 6 nitrogen and oxygen atoms in total. The van der Waals surface area contributed by atoms with Crippen LogP contribution in [0.25, 0.3) is 0 Å². The van der Waals surface area contributed by atoms with E-state index in [1.165, 1.54) is 12.1 Å². The monoisotopic (exact) mass is 273 g/mol. The molecule has 0 aliphatic heterocycles. The van der Waals surface area contributed by atoms with E-state index in [1.807, 2.05) is 0 Å². The van der Waals surface area contributed by atoms with Gasteiger partial charge >= 0.3 is 0 Å². The molecular weight excluding hydrogens is 254 g/mol. The lowest BCUT2D eigenvalue weighted by molar-refractivity contribution is 0.188. The molecule has 0 aliphatic carbocycles. The molecule has 1 atom stereocenters. The highest BCUT2D eigenvalue weighted by Crippen LogP contribution is 2.13. The summed E-state index contributed by atoms with van der Waals surface area (Å²) in [4.78, 5) is 0.214. The standard InChI is InChI=1S/C11H19N3O3S/c1-9(7-8-17-2)14-18(15,16)11-5-3-10(13-12)4-6-11/h3-6,9,13-14H,7-8,12H2,1-2H3. The van der Waals surface area contributed by atoms with Gasteiger partial charge in [0.05, 0.1) is 4.90 Å². The molecule has 1 unspecified atom stereocenters. The molecule has 7 heteroatoms. The number of rotatable bonds is 7. The number of nitrogens with one attached hydrogen (secondary N) is 2. The Balaban J connectivity index is 2.73. The van der Waals surface area contributed by atoms with E-state index in [-0.39, 0.29) is 10.9 Å². The zero-order valence-corrected chi connectivity index (χ0v) is 11.3. The van der Waals surface area contributed by atoms with Crippen LogP contribution in [-0.4, -0.2) is 28.2 Å². The topological polar surface area (TPSA) is 93.4 Å². The summed E-state index contributed by atoms with van der Waals surface area (Å²) in [6.07, 6.45) is 0.623. The van der Waals surface area contributed by atoms with Crippen molar-refractivity contribution in [3.8, 4) is 0 Å². The van der Waals surface area contributed by atoms with Gasteiger partial charge in [-0.3, -0.25) is 5.84 Å². The molecule has 0 aliphatic rings. The summed E-state index contributed by atoms with van der Waals surface area (Å²) in [6.45, 7) is 2.31. The van der Waals surface area contributed by atoms with E-state index in [0.29, 0.717) is 18.7 Å². The van der Waals surface area contributed by atoms with E-state index in [2.05, 4.69) is 10.1 Å². The van der Waals surface area contributed by atoms with Crippen molar-refractivity contribution in [3.05, 3.63) is 24.3 Å². The number of benzene rings is 1. The third-order valence-electron chi connectivity index (χ3n) is 2.44. The van der Waals surface area contributed by atoms with Gasteiger partial charge in [-0.1, -0.05) is 0 Å². The summed E-state index contributed by atoms with van der Waals surface area (Å²) in [7, 11) is -1.91. The lowest BCUT2D eigenvalue weighted by Crippen LogP contribution is -2.33. The number of ether oxygens (including phenoxy) is 1. The van der Waals surface area contributed by atoms with Crippen molar-refractivity contribution in [2.45, 2.75) is 24.3 Å². The van der Waals surface area contributed by atoms with Gasteiger partial charge in [0.15, 0.2) is 0 Å². The molecular formula is C11H19N3O3S. The Bertz CT molecular complexity index is 459. The molecule has 0 amide bonds. The van der Waals surface area contributed by atoms with Gasteiger partial charge < -0.3 is 10.2 Å². The van der Waals surface area contributed by atoms with Gasteiger partial charge in [0.1, 0.15) is 0 Å². The Morgan fingerprint density at radius 2 is 1.94 bits per heavy atom. The van der Waals surface area contributed by atoms with E-state index < -0.39 is 10.0 Å². The average Bonchev–Trinajstić information content (AvgIpc) is 2.36. The Morgan fingerprint density at radius 3 is 2.44 bits per heavy atom. The van der Waals surface area contributed by atoms with Gasteiger partial charge in [0.25, 0.3) is 0 Å². The first-order valence-electron chi connectivity index (χ1n) is 5.57. The summed E-state index contributed by atoms with van der Waals surface area (Å²) < 4.78 is 31.5. The molecule has 0 fully saturated rings. The Hall–Kier alpha value is -1.15. The van der Waals surface area contributed by atoms with Gasteiger partial charge in [-0.15, -0.1) is 0 Å². The first-order valence-corrected chi connectivity index (χ1v) is 7.06. The highest BCUT2D eigenvalue weighted by molar-refractivity contribution is 7.89. The predicted octanol–water partition coefficient (Wildman–Crippen LogP) is 0.675. The fourth-order valence-electron chi connectivity index (χ4n) is 1.42. The maximum Gasteiger partial charge on any atom is 0.240 e. The maximum atomic E-state index is 12.0. The number of hydrogen-bond donors (Lipinski definition) is 3. The minimum absolute atomic E-state index is 0.178. The van der Waals surface area contributed by atoms with Crippen molar-refractivity contribution in [1.29, 1.82) is 0 Å². The number of sulfonamides is 1. The smallest absolute Gasteiger partial charge is 0.240 e. The Morgan fingerprint density at radius 1 is 1.33 bits per heavy atom. The SMILES string of the molecule is COCCC(C)NS(=O)(=O)c1ccc(NN)cc1. The lowest BCUT2D eigenvalue weighted by Gasteiger charge is -2.14. The van der Waals surface area contributed by atoms with Crippen LogP contribution in [-0.2, 0) is 14.8 Å². The quantitative estimate of drug-likeness (QED) is 0.501. The van der Waals surface area contributed by atoms with E-state index in [1.54, 1.807) is 26.2 Å². The number of methoxy groups -OCH3 is 1. The molecule has 0 heterocycles. The average molecular weight is 273 g/mol. The number of hydrogen-bond acceptors (Lipinski definition) is 5. The molecule has 0 spiro atoms. The third-order valence-corrected chi connectivity index (χ3v) is 4.05. The highest BCUT2D eigenvalue weighted by atomic mass is 32.2.